The molecule has 0 heterocycles. The number of nitrogens with two attached hydrogens (primary N) is 1. The van der Waals surface area contributed by atoms with Gasteiger partial charge in [-0.15, -0.1) is 0 Å². The molecule has 0 bridgehead atoms. The van der Waals surface area contributed by atoms with E-state index in [1.165, 1.54) is 0 Å². The molecule has 3 N–H and O–H groups in total. The van der Waals surface area contributed by atoms with Crippen LogP contribution in [0.2, 0.25) is 10.0 Å². The smallest absolute Gasteiger partial charge is 0.256 e. The van der Waals surface area contributed by atoms with E-state index < -0.39 is 0 Å². The van der Waals surface area contributed by atoms with Crippen LogP contribution in [-0.4, -0.2) is 10.9 Å². The molecule has 6 heteroatoms. The van der Waals surface area contributed by atoms with E-state index in [-0.39, 0.29) is 10.9 Å². The highest BCUT2D eigenvalue weighted by molar-refractivity contribution is 7.80. The average Bonchev–Trinajstić information content (AvgIpc) is 2.43. The molecule has 108 valence electrons. The molecule has 2 rings (SSSR count). The summed E-state index contributed by atoms with van der Waals surface area (Å²) in [6, 6.07) is 10.1. The molecule has 2 aromatic rings. The molecule has 0 saturated heterocycles. The first-order valence-corrected chi connectivity index (χ1v) is 7.22. The zero-order valence-corrected chi connectivity index (χ0v) is 13.4. The number of amides is 1. The van der Waals surface area contributed by atoms with Crippen molar-refractivity contribution in [2.45, 2.75) is 6.92 Å². The van der Waals surface area contributed by atoms with Crippen molar-refractivity contribution in [3.8, 4) is 0 Å². The summed E-state index contributed by atoms with van der Waals surface area (Å²) in [5.41, 5.74) is 7.99. The van der Waals surface area contributed by atoms with Crippen LogP contribution >= 0.6 is 35.4 Å². The Morgan fingerprint density at radius 2 is 1.90 bits per heavy atom. The zero-order chi connectivity index (χ0) is 15.6. The maximum atomic E-state index is 12.3. The van der Waals surface area contributed by atoms with Gasteiger partial charge in [0.15, 0.2) is 0 Å². The Morgan fingerprint density at radius 3 is 2.52 bits per heavy atom. The molecule has 21 heavy (non-hydrogen) atoms. The predicted octanol–water partition coefficient (Wildman–Crippen LogP) is 4.19. The molecule has 0 atom stereocenters. The summed E-state index contributed by atoms with van der Waals surface area (Å²) in [6.07, 6.45) is 0. The van der Waals surface area contributed by atoms with Crippen molar-refractivity contribution in [1.82, 2.24) is 0 Å². The second-order valence-electron chi connectivity index (χ2n) is 4.47. The third kappa shape index (κ3) is 3.73. The number of carbonyl (C=O) groups is 1. The number of rotatable bonds is 3. The fourth-order valence-corrected chi connectivity index (χ4v) is 2.33. The van der Waals surface area contributed by atoms with E-state index in [9.17, 15) is 4.79 Å². The Morgan fingerprint density at radius 1 is 1.19 bits per heavy atom. The van der Waals surface area contributed by atoms with E-state index in [2.05, 4.69) is 5.32 Å². The minimum atomic E-state index is -0.278. The Labute approximate surface area is 138 Å². The normalized spacial score (nSPS) is 10.2. The van der Waals surface area contributed by atoms with E-state index in [1.54, 1.807) is 36.4 Å². The molecule has 0 spiro atoms. The second kappa shape index (κ2) is 6.43. The Hall–Kier alpha value is -1.62. The summed E-state index contributed by atoms with van der Waals surface area (Å²) in [6.45, 7) is 1.84. The van der Waals surface area contributed by atoms with E-state index >= 15 is 0 Å². The monoisotopic (exact) mass is 338 g/mol. The molecule has 0 radical (unpaired) electrons. The third-order valence-electron chi connectivity index (χ3n) is 2.95. The first-order valence-electron chi connectivity index (χ1n) is 6.05. The van der Waals surface area contributed by atoms with Gasteiger partial charge < -0.3 is 11.1 Å². The Balaban J connectivity index is 2.27. The fourth-order valence-electron chi connectivity index (χ4n) is 1.80. The van der Waals surface area contributed by atoms with Crippen molar-refractivity contribution in [1.29, 1.82) is 0 Å². The maximum absolute atomic E-state index is 12.3. The summed E-state index contributed by atoms with van der Waals surface area (Å²) in [4.78, 5) is 12.5. The van der Waals surface area contributed by atoms with Gasteiger partial charge in [-0.1, -0.05) is 41.5 Å². The van der Waals surface area contributed by atoms with Crippen LogP contribution in [0, 0.1) is 6.92 Å². The van der Waals surface area contributed by atoms with Gasteiger partial charge in [-0.05, 0) is 42.8 Å². The molecule has 2 aromatic carbocycles. The summed E-state index contributed by atoms with van der Waals surface area (Å²) in [7, 11) is 0. The van der Waals surface area contributed by atoms with Crippen LogP contribution in [0.3, 0.4) is 0 Å². The highest BCUT2D eigenvalue weighted by Gasteiger charge is 2.12. The number of hydrogen-bond donors (Lipinski definition) is 2. The summed E-state index contributed by atoms with van der Waals surface area (Å²) >= 11 is 16.9. The Kier molecular flexibility index (Phi) is 4.83. The van der Waals surface area contributed by atoms with Crippen LogP contribution in [0.1, 0.15) is 21.5 Å². The maximum Gasteiger partial charge on any atom is 0.256 e. The second-order valence-corrected chi connectivity index (χ2v) is 5.76. The largest absolute Gasteiger partial charge is 0.389 e. The highest BCUT2D eigenvalue weighted by Crippen LogP contribution is 2.24. The van der Waals surface area contributed by atoms with Crippen LogP contribution in [0.4, 0.5) is 5.69 Å². The molecule has 0 unspecified atom stereocenters. The molecule has 1 amide bonds. The van der Waals surface area contributed by atoms with Gasteiger partial charge in [0.1, 0.15) is 4.99 Å². The molecule has 0 aliphatic rings. The van der Waals surface area contributed by atoms with Crippen molar-refractivity contribution in [3.63, 3.8) is 0 Å². The summed E-state index contributed by atoms with van der Waals surface area (Å²) in [5, 5.41) is 3.62. The van der Waals surface area contributed by atoms with Gasteiger partial charge in [0.05, 0.1) is 10.7 Å². The molecule has 0 saturated carbocycles. The molecule has 3 nitrogen and oxygen atoms in total. The van der Waals surface area contributed by atoms with Gasteiger partial charge in [-0.25, -0.2) is 0 Å². The van der Waals surface area contributed by atoms with Crippen molar-refractivity contribution in [2.75, 3.05) is 5.32 Å². The lowest BCUT2D eigenvalue weighted by Crippen LogP contribution is -2.14. The lowest BCUT2D eigenvalue weighted by molar-refractivity contribution is 0.102. The number of benzene rings is 2. The number of halogens is 2. The first-order chi connectivity index (χ1) is 9.88. The van der Waals surface area contributed by atoms with E-state index in [4.69, 9.17) is 41.2 Å². The summed E-state index contributed by atoms with van der Waals surface area (Å²) < 4.78 is 0. The van der Waals surface area contributed by atoms with Crippen LogP contribution in [0.5, 0.6) is 0 Å². The number of hydrogen-bond acceptors (Lipinski definition) is 2. The minimum Gasteiger partial charge on any atom is -0.389 e. The van der Waals surface area contributed by atoms with Gasteiger partial charge in [0.25, 0.3) is 5.91 Å². The number of anilines is 1. The lowest BCUT2D eigenvalue weighted by atomic mass is 10.1. The standard InChI is InChI=1S/C15H12Cl2N2OS/c1-8-2-4-10(16)7-11(8)15(20)19-13-5-3-9(14(18)21)6-12(13)17/h2-7H,1H3,(H2,18,21)(H,19,20). The van der Waals surface area contributed by atoms with E-state index in [0.29, 0.717) is 26.9 Å². The molecule has 0 aliphatic heterocycles. The SMILES string of the molecule is Cc1ccc(Cl)cc1C(=O)Nc1ccc(C(N)=S)cc1Cl. The molecule has 0 aliphatic carbocycles. The van der Waals surface area contributed by atoms with Crippen LogP contribution in [0.15, 0.2) is 36.4 Å². The quantitative estimate of drug-likeness (QED) is 0.825. The lowest BCUT2D eigenvalue weighted by Gasteiger charge is -2.10. The number of carbonyl (C=O) groups excluding carboxylic acids is 1. The molecular weight excluding hydrogens is 327 g/mol. The van der Waals surface area contributed by atoms with Gasteiger partial charge in [-0.3, -0.25) is 4.79 Å². The van der Waals surface area contributed by atoms with Crippen LogP contribution in [-0.2, 0) is 0 Å². The first kappa shape index (κ1) is 15.8. The number of aryl methyl sites for hydroxylation is 1. The van der Waals surface area contributed by atoms with Crippen molar-refractivity contribution in [2.24, 2.45) is 5.73 Å². The van der Waals surface area contributed by atoms with E-state index in [1.807, 2.05) is 6.92 Å². The predicted molar refractivity (Wildman–Crippen MR) is 91.5 cm³/mol. The molecular formula is C15H12Cl2N2OS. The van der Waals surface area contributed by atoms with Crippen LogP contribution < -0.4 is 11.1 Å². The van der Waals surface area contributed by atoms with Gasteiger partial charge >= 0.3 is 0 Å². The van der Waals surface area contributed by atoms with Crippen molar-refractivity contribution < 1.29 is 4.79 Å². The molecule has 0 fully saturated rings. The minimum absolute atomic E-state index is 0.250. The number of nitrogens with one attached hydrogen (secondary N) is 1. The Bertz CT molecular complexity index is 732. The summed E-state index contributed by atoms with van der Waals surface area (Å²) in [5.74, 6) is -0.278. The average molecular weight is 339 g/mol. The van der Waals surface area contributed by atoms with E-state index in [0.717, 1.165) is 5.56 Å². The topological polar surface area (TPSA) is 55.1 Å². The van der Waals surface area contributed by atoms with Gasteiger partial charge in [-0.2, -0.15) is 0 Å². The van der Waals surface area contributed by atoms with Crippen LogP contribution in [0.25, 0.3) is 0 Å². The van der Waals surface area contributed by atoms with Crippen molar-refractivity contribution in [3.05, 3.63) is 63.1 Å². The highest BCUT2D eigenvalue weighted by atomic mass is 35.5. The van der Waals surface area contributed by atoms with Crippen molar-refractivity contribution >= 4 is 52.0 Å². The van der Waals surface area contributed by atoms with Gasteiger partial charge in [0, 0.05) is 16.1 Å². The van der Waals surface area contributed by atoms with Gasteiger partial charge in [0.2, 0.25) is 0 Å². The fraction of sp³-hybridized carbons (Fsp3) is 0.0667. The zero-order valence-electron chi connectivity index (χ0n) is 11.1. The number of thiocarbonyl (C=S) groups is 1. The third-order valence-corrected chi connectivity index (χ3v) is 3.73. The molecule has 0 aromatic heterocycles.